The number of nitrogens with one attached hydrogen (secondary N) is 1. The monoisotopic (exact) mass is 455 g/mol. The quantitative estimate of drug-likeness (QED) is 0.458. The first-order valence-electron chi connectivity index (χ1n) is 9.93. The Bertz CT molecular complexity index is 821. The average Bonchev–Trinajstić information content (AvgIpc) is 3.49. The van der Waals surface area contributed by atoms with Gasteiger partial charge in [0.05, 0.1) is 11.1 Å². The molecule has 2 N–H and O–H groups in total. The van der Waals surface area contributed by atoms with Crippen LogP contribution in [0.4, 0.5) is 4.39 Å². The number of thioether (sulfide) groups is 1. The highest BCUT2D eigenvalue weighted by Crippen LogP contribution is 2.40. The Balaban J connectivity index is 1.90. The first-order valence-corrected chi connectivity index (χ1v) is 11.7. The maximum Gasteiger partial charge on any atom is 0.147 e. The second-order valence-corrected chi connectivity index (χ2v) is 11.3. The molecule has 1 aliphatic carbocycles. The van der Waals surface area contributed by atoms with Crippen LogP contribution >= 0.6 is 35.0 Å². The molecule has 29 heavy (non-hydrogen) atoms. The zero-order chi connectivity index (χ0) is 21.2. The molecule has 3 atom stereocenters. The molecule has 0 amide bonds. The molecule has 1 saturated carbocycles. The molecule has 0 radical (unpaired) electrons. The van der Waals surface area contributed by atoms with Crippen molar-refractivity contribution in [2.75, 3.05) is 5.75 Å². The second-order valence-electron chi connectivity index (χ2n) is 8.65. The molecular weight excluding hydrogens is 428 g/mol. The van der Waals surface area contributed by atoms with Gasteiger partial charge in [-0.25, -0.2) is 4.39 Å². The minimum absolute atomic E-state index is 0.0124. The first-order chi connectivity index (χ1) is 13.7. The second kappa shape index (κ2) is 9.57. The van der Waals surface area contributed by atoms with E-state index in [0.29, 0.717) is 10.9 Å². The molecule has 0 saturated heterocycles. The van der Waals surface area contributed by atoms with E-state index in [1.807, 2.05) is 23.9 Å². The summed E-state index contributed by atoms with van der Waals surface area (Å²) in [7, 11) is 0. The summed E-state index contributed by atoms with van der Waals surface area (Å²) < 4.78 is 14.8. The predicted molar refractivity (Wildman–Crippen MR) is 122 cm³/mol. The number of hydrogen-bond acceptors (Lipinski definition) is 3. The molecule has 0 spiro atoms. The van der Waals surface area contributed by atoms with Gasteiger partial charge in [0.2, 0.25) is 0 Å². The summed E-state index contributed by atoms with van der Waals surface area (Å²) in [6.07, 6.45) is 1.28. The van der Waals surface area contributed by atoms with Gasteiger partial charge >= 0.3 is 0 Å². The van der Waals surface area contributed by atoms with Crippen molar-refractivity contribution in [3.8, 4) is 0 Å². The van der Waals surface area contributed by atoms with E-state index >= 15 is 0 Å². The maximum atomic E-state index is 14.7. The minimum atomic E-state index is -1.07. The van der Waals surface area contributed by atoms with Crippen LogP contribution in [0.25, 0.3) is 0 Å². The zero-order valence-electron chi connectivity index (χ0n) is 17.0. The third kappa shape index (κ3) is 6.35. The maximum absolute atomic E-state index is 14.7. The normalized spacial score (nSPS) is 17.8. The average molecular weight is 456 g/mol. The van der Waals surface area contributed by atoms with E-state index in [-0.39, 0.29) is 21.4 Å². The molecule has 0 aromatic heterocycles. The van der Waals surface area contributed by atoms with Gasteiger partial charge in [-0.3, -0.25) is 0 Å². The van der Waals surface area contributed by atoms with E-state index in [2.05, 4.69) is 26.1 Å². The van der Waals surface area contributed by atoms with E-state index in [9.17, 15) is 9.50 Å². The van der Waals surface area contributed by atoms with Gasteiger partial charge in [-0.1, -0.05) is 68.2 Å². The lowest BCUT2D eigenvalue weighted by Gasteiger charge is -2.31. The fraction of sp³-hybridized carbons (Fsp3) is 0.478. The summed E-state index contributed by atoms with van der Waals surface area (Å²) in [5.74, 6) is 0.939. The largest absolute Gasteiger partial charge is 0.386 e. The number of rotatable bonds is 8. The Kier molecular flexibility index (Phi) is 7.56. The number of benzene rings is 2. The number of aliphatic hydroxyl groups is 1. The topological polar surface area (TPSA) is 32.3 Å². The summed E-state index contributed by atoms with van der Waals surface area (Å²) in [4.78, 5) is 0. The predicted octanol–water partition coefficient (Wildman–Crippen LogP) is 6.81. The summed E-state index contributed by atoms with van der Waals surface area (Å²) in [6.45, 7) is 6.61. The van der Waals surface area contributed by atoms with Crippen LogP contribution < -0.4 is 5.32 Å². The number of aliphatic hydroxyl groups excluding tert-OH is 1. The molecule has 2 aromatic rings. The van der Waals surface area contributed by atoms with Crippen LogP contribution in [0.2, 0.25) is 10.0 Å². The van der Waals surface area contributed by atoms with Crippen molar-refractivity contribution in [1.29, 1.82) is 0 Å². The van der Waals surface area contributed by atoms with Crippen LogP contribution in [0.1, 0.15) is 56.9 Å². The molecular formula is C23H28Cl2FNOS. The Hall–Kier alpha value is -0.780. The Labute approximate surface area is 187 Å². The van der Waals surface area contributed by atoms with Crippen molar-refractivity contribution < 1.29 is 9.50 Å². The number of hydrogen-bond donors (Lipinski definition) is 2. The molecule has 1 fully saturated rings. The van der Waals surface area contributed by atoms with Gasteiger partial charge in [0.25, 0.3) is 0 Å². The van der Waals surface area contributed by atoms with Crippen molar-refractivity contribution >= 4 is 35.0 Å². The van der Waals surface area contributed by atoms with E-state index in [1.165, 1.54) is 18.9 Å². The summed E-state index contributed by atoms with van der Waals surface area (Å²) in [6, 6.07) is 11.9. The Morgan fingerprint density at radius 3 is 2.38 bits per heavy atom. The molecule has 158 valence electrons. The van der Waals surface area contributed by atoms with E-state index in [4.69, 9.17) is 23.2 Å². The van der Waals surface area contributed by atoms with Crippen LogP contribution in [0.15, 0.2) is 42.5 Å². The standard InChI is InChI=1S/C23H28Cl2FNOS/c1-23(2,3)29-13-19(14-7-8-14)27-21(15-9-11-16(24)12-10-15)22(28)17-5-4-6-18(25)20(17)26/h4-6,9-12,14,19,21-22,27-28H,7-8,13H2,1-3H3. The summed E-state index contributed by atoms with van der Waals surface area (Å²) in [5, 5.41) is 15.5. The van der Waals surface area contributed by atoms with Crippen molar-refractivity contribution in [3.63, 3.8) is 0 Å². The van der Waals surface area contributed by atoms with Gasteiger partial charge in [0.15, 0.2) is 0 Å². The Morgan fingerprint density at radius 1 is 1.14 bits per heavy atom. The molecule has 1 aliphatic rings. The summed E-state index contributed by atoms with van der Waals surface area (Å²) in [5.41, 5.74) is 1.07. The third-order valence-electron chi connectivity index (χ3n) is 5.13. The van der Waals surface area contributed by atoms with Crippen LogP contribution in [-0.4, -0.2) is 21.6 Å². The smallest absolute Gasteiger partial charge is 0.147 e. The van der Waals surface area contributed by atoms with Gasteiger partial charge in [0.1, 0.15) is 11.9 Å². The highest BCUT2D eigenvalue weighted by Gasteiger charge is 2.36. The molecule has 0 heterocycles. The molecule has 2 nitrogen and oxygen atoms in total. The molecule has 3 unspecified atom stereocenters. The zero-order valence-corrected chi connectivity index (χ0v) is 19.3. The molecule has 0 bridgehead atoms. The van der Waals surface area contributed by atoms with Crippen LogP contribution in [0.3, 0.4) is 0 Å². The van der Waals surface area contributed by atoms with E-state index in [1.54, 1.807) is 24.3 Å². The molecule has 6 heteroatoms. The number of halogens is 3. The minimum Gasteiger partial charge on any atom is -0.386 e. The van der Waals surface area contributed by atoms with Gasteiger partial charge in [-0.2, -0.15) is 11.8 Å². The van der Waals surface area contributed by atoms with E-state index in [0.717, 1.165) is 11.3 Å². The van der Waals surface area contributed by atoms with Crippen LogP contribution in [0.5, 0.6) is 0 Å². The first kappa shape index (κ1) is 22.9. The van der Waals surface area contributed by atoms with Gasteiger partial charge in [-0.15, -0.1) is 0 Å². The summed E-state index contributed by atoms with van der Waals surface area (Å²) >= 11 is 13.9. The van der Waals surface area contributed by atoms with Crippen LogP contribution in [-0.2, 0) is 0 Å². The highest BCUT2D eigenvalue weighted by molar-refractivity contribution is 8.00. The fourth-order valence-corrected chi connectivity index (χ4v) is 4.71. The highest BCUT2D eigenvalue weighted by atomic mass is 35.5. The Morgan fingerprint density at radius 2 is 1.79 bits per heavy atom. The SMILES string of the molecule is CC(C)(C)SCC(NC(c1ccc(Cl)cc1)C(O)c1cccc(Cl)c1F)C1CC1. The lowest BCUT2D eigenvalue weighted by molar-refractivity contribution is 0.117. The van der Waals surface area contributed by atoms with Gasteiger partial charge in [-0.05, 0) is 42.5 Å². The van der Waals surface area contributed by atoms with Gasteiger partial charge in [0, 0.05) is 27.1 Å². The van der Waals surface area contributed by atoms with Crippen molar-refractivity contribution in [2.24, 2.45) is 5.92 Å². The van der Waals surface area contributed by atoms with Crippen LogP contribution in [0, 0.1) is 11.7 Å². The van der Waals surface area contributed by atoms with Crippen molar-refractivity contribution in [3.05, 3.63) is 69.5 Å². The van der Waals surface area contributed by atoms with Crippen molar-refractivity contribution in [1.82, 2.24) is 5.32 Å². The lowest BCUT2D eigenvalue weighted by atomic mass is 9.94. The molecule has 2 aromatic carbocycles. The van der Waals surface area contributed by atoms with Gasteiger partial charge < -0.3 is 10.4 Å². The fourth-order valence-electron chi connectivity index (χ4n) is 3.36. The molecule has 0 aliphatic heterocycles. The lowest BCUT2D eigenvalue weighted by Crippen LogP contribution is -2.40. The van der Waals surface area contributed by atoms with E-state index < -0.39 is 18.0 Å². The van der Waals surface area contributed by atoms with Crippen molar-refractivity contribution in [2.45, 2.75) is 56.5 Å². The molecule has 3 rings (SSSR count). The third-order valence-corrected chi connectivity index (χ3v) is 7.06.